The lowest BCUT2D eigenvalue weighted by atomic mass is 10.2. The van der Waals surface area contributed by atoms with E-state index in [1.807, 2.05) is 0 Å². The highest BCUT2D eigenvalue weighted by atomic mass is 79.9. The molecule has 1 atom stereocenters. The third-order valence-electron chi connectivity index (χ3n) is 1.66. The van der Waals surface area contributed by atoms with E-state index in [9.17, 15) is 4.79 Å². The average molecular weight is 246 g/mol. The van der Waals surface area contributed by atoms with Crippen LogP contribution in [0.4, 0.5) is 0 Å². The molecule has 13 heavy (non-hydrogen) atoms. The molecule has 0 fully saturated rings. The lowest BCUT2D eigenvalue weighted by Crippen LogP contribution is -2.28. The molecule has 0 spiro atoms. The molecule has 1 rings (SSSR count). The van der Waals surface area contributed by atoms with Crippen LogP contribution in [0.3, 0.4) is 0 Å². The summed E-state index contributed by atoms with van der Waals surface area (Å²) in [5.74, 6) is 0.359. The van der Waals surface area contributed by atoms with Gasteiger partial charge in [-0.1, -0.05) is 22.9 Å². The van der Waals surface area contributed by atoms with Gasteiger partial charge in [0.15, 0.2) is 0 Å². The number of halogens is 1. The zero-order chi connectivity index (χ0) is 9.68. The predicted octanol–water partition coefficient (Wildman–Crippen LogP) is 2.04. The maximum atomic E-state index is 11.3. The fourth-order valence-corrected chi connectivity index (χ4v) is 1.05. The lowest BCUT2D eigenvalue weighted by molar-refractivity contribution is 0.0948. The van der Waals surface area contributed by atoms with Gasteiger partial charge in [0.05, 0.1) is 11.8 Å². The predicted molar refractivity (Wildman–Crippen MR) is 54.0 cm³/mol. The number of carbonyl (C=O) groups is 1. The van der Waals surface area contributed by atoms with E-state index < -0.39 is 0 Å². The fourth-order valence-electron chi connectivity index (χ4n) is 0.817. The van der Waals surface area contributed by atoms with Gasteiger partial charge < -0.3 is 9.73 Å². The number of carbonyl (C=O) groups excluding carboxylic acids is 1. The van der Waals surface area contributed by atoms with E-state index >= 15 is 0 Å². The Bertz CT molecular complexity index is 259. The Morgan fingerprint density at radius 3 is 3.08 bits per heavy atom. The fraction of sp³-hybridized carbons (Fsp3) is 0.444. The molecule has 0 aliphatic rings. The molecule has 0 aliphatic carbocycles. The van der Waals surface area contributed by atoms with Gasteiger partial charge in [0.25, 0.3) is 5.91 Å². The maximum Gasteiger partial charge on any atom is 0.254 e. The quantitative estimate of drug-likeness (QED) is 0.826. The van der Waals surface area contributed by atoms with Crippen molar-refractivity contribution in [3.05, 3.63) is 24.2 Å². The molecule has 1 aromatic rings. The summed E-state index contributed by atoms with van der Waals surface area (Å²) in [7, 11) is 0. The molecule has 3 nitrogen and oxygen atoms in total. The number of rotatable bonds is 4. The molecule has 0 aromatic carbocycles. The van der Waals surface area contributed by atoms with Crippen molar-refractivity contribution in [3.8, 4) is 0 Å². The van der Waals surface area contributed by atoms with E-state index in [0.717, 1.165) is 5.33 Å². The van der Waals surface area contributed by atoms with Gasteiger partial charge in [-0.05, 0) is 12.0 Å². The minimum Gasteiger partial charge on any atom is -0.472 e. The number of nitrogens with one attached hydrogen (secondary N) is 1. The third kappa shape index (κ3) is 3.22. The smallest absolute Gasteiger partial charge is 0.254 e. The van der Waals surface area contributed by atoms with Gasteiger partial charge in [0, 0.05) is 11.9 Å². The van der Waals surface area contributed by atoms with Crippen LogP contribution in [-0.2, 0) is 0 Å². The third-order valence-corrected chi connectivity index (χ3v) is 2.76. The van der Waals surface area contributed by atoms with Gasteiger partial charge in [-0.25, -0.2) is 0 Å². The van der Waals surface area contributed by atoms with Crippen LogP contribution >= 0.6 is 15.9 Å². The molecule has 0 saturated carbocycles. The summed E-state index contributed by atoms with van der Waals surface area (Å²) >= 11 is 3.34. The van der Waals surface area contributed by atoms with Crippen LogP contribution < -0.4 is 5.32 Å². The Kier molecular flexibility index (Phi) is 4.02. The standard InChI is InChI=1S/C9H12BrNO2/c1-7(4-10)5-11-9(12)8-2-3-13-6-8/h2-3,6-7H,4-5H2,1H3,(H,11,12). The normalized spacial score (nSPS) is 12.5. The van der Waals surface area contributed by atoms with E-state index in [-0.39, 0.29) is 5.91 Å². The molecular formula is C9H12BrNO2. The molecule has 72 valence electrons. The average Bonchev–Trinajstić information content (AvgIpc) is 2.66. The highest BCUT2D eigenvalue weighted by molar-refractivity contribution is 9.09. The Hall–Kier alpha value is -0.770. The van der Waals surface area contributed by atoms with Gasteiger partial charge in [-0.3, -0.25) is 4.79 Å². The summed E-state index contributed by atoms with van der Waals surface area (Å²) in [5, 5.41) is 3.69. The molecule has 4 heteroatoms. The minimum atomic E-state index is -0.0819. The van der Waals surface area contributed by atoms with E-state index in [1.165, 1.54) is 12.5 Å². The zero-order valence-corrected chi connectivity index (χ0v) is 9.00. The molecule has 0 bridgehead atoms. The molecule has 1 amide bonds. The van der Waals surface area contributed by atoms with Crippen molar-refractivity contribution in [2.24, 2.45) is 5.92 Å². The van der Waals surface area contributed by atoms with Crippen molar-refractivity contribution in [2.45, 2.75) is 6.92 Å². The van der Waals surface area contributed by atoms with Gasteiger partial charge >= 0.3 is 0 Å². The first kappa shape index (κ1) is 10.3. The lowest BCUT2D eigenvalue weighted by Gasteiger charge is -2.07. The van der Waals surface area contributed by atoms with E-state index in [2.05, 4.69) is 28.2 Å². The molecule has 1 N–H and O–H groups in total. The van der Waals surface area contributed by atoms with Gasteiger partial charge in [-0.15, -0.1) is 0 Å². The second-order valence-corrected chi connectivity index (χ2v) is 3.63. The summed E-state index contributed by atoms with van der Waals surface area (Å²) in [5.41, 5.74) is 0.571. The van der Waals surface area contributed by atoms with Crippen molar-refractivity contribution in [3.63, 3.8) is 0 Å². The van der Waals surface area contributed by atoms with Crippen LogP contribution in [0.5, 0.6) is 0 Å². The molecular weight excluding hydrogens is 234 g/mol. The first-order valence-electron chi connectivity index (χ1n) is 4.10. The topological polar surface area (TPSA) is 42.2 Å². The molecule has 0 radical (unpaired) electrons. The number of alkyl halides is 1. The zero-order valence-electron chi connectivity index (χ0n) is 7.42. The van der Waals surface area contributed by atoms with Crippen LogP contribution in [0.1, 0.15) is 17.3 Å². The maximum absolute atomic E-state index is 11.3. The largest absolute Gasteiger partial charge is 0.472 e. The van der Waals surface area contributed by atoms with Crippen molar-refractivity contribution >= 4 is 21.8 Å². The van der Waals surface area contributed by atoms with Crippen molar-refractivity contribution in [1.82, 2.24) is 5.32 Å². The van der Waals surface area contributed by atoms with E-state index in [1.54, 1.807) is 6.07 Å². The SMILES string of the molecule is CC(CBr)CNC(=O)c1ccoc1. The number of amides is 1. The highest BCUT2D eigenvalue weighted by Gasteiger charge is 2.07. The van der Waals surface area contributed by atoms with E-state index in [4.69, 9.17) is 4.42 Å². The Morgan fingerprint density at radius 2 is 2.54 bits per heavy atom. The Morgan fingerprint density at radius 1 is 1.77 bits per heavy atom. The first-order valence-corrected chi connectivity index (χ1v) is 5.22. The van der Waals surface area contributed by atoms with Crippen LogP contribution in [0.15, 0.2) is 23.0 Å². The van der Waals surface area contributed by atoms with Gasteiger partial charge in [-0.2, -0.15) is 0 Å². The number of hydrogen-bond donors (Lipinski definition) is 1. The molecule has 1 heterocycles. The molecule has 1 unspecified atom stereocenters. The molecule has 1 aromatic heterocycles. The Labute approximate surface area is 85.6 Å². The van der Waals surface area contributed by atoms with Crippen LogP contribution in [0, 0.1) is 5.92 Å². The van der Waals surface area contributed by atoms with E-state index in [0.29, 0.717) is 18.0 Å². The minimum absolute atomic E-state index is 0.0819. The first-order chi connectivity index (χ1) is 6.24. The summed E-state index contributed by atoms with van der Waals surface area (Å²) in [6.07, 6.45) is 2.93. The molecule has 0 saturated heterocycles. The number of furan rings is 1. The van der Waals surface area contributed by atoms with Gasteiger partial charge in [0.2, 0.25) is 0 Å². The summed E-state index contributed by atoms with van der Waals surface area (Å²) < 4.78 is 4.80. The van der Waals surface area contributed by atoms with Crippen LogP contribution in [0.2, 0.25) is 0 Å². The van der Waals surface area contributed by atoms with Crippen LogP contribution in [0.25, 0.3) is 0 Å². The van der Waals surface area contributed by atoms with Crippen LogP contribution in [-0.4, -0.2) is 17.8 Å². The van der Waals surface area contributed by atoms with Gasteiger partial charge in [0.1, 0.15) is 6.26 Å². The summed E-state index contributed by atoms with van der Waals surface area (Å²) in [6, 6.07) is 1.65. The molecule has 0 aliphatic heterocycles. The van der Waals surface area contributed by atoms with Crippen molar-refractivity contribution in [2.75, 3.05) is 11.9 Å². The highest BCUT2D eigenvalue weighted by Crippen LogP contribution is 2.01. The van der Waals surface area contributed by atoms with Crippen molar-refractivity contribution < 1.29 is 9.21 Å². The number of hydrogen-bond acceptors (Lipinski definition) is 2. The second kappa shape index (κ2) is 5.07. The van der Waals surface area contributed by atoms with Crippen molar-refractivity contribution in [1.29, 1.82) is 0 Å². The Balaban J connectivity index is 2.35. The second-order valence-electron chi connectivity index (χ2n) is 2.98. The summed E-state index contributed by atoms with van der Waals surface area (Å²) in [6.45, 7) is 2.74. The monoisotopic (exact) mass is 245 g/mol. The summed E-state index contributed by atoms with van der Waals surface area (Å²) in [4.78, 5) is 11.3.